The zero-order valence-corrected chi connectivity index (χ0v) is 18.4. The van der Waals surface area contributed by atoms with Crippen LogP contribution < -0.4 is 0 Å². The van der Waals surface area contributed by atoms with E-state index < -0.39 is 0 Å². The van der Waals surface area contributed by atoms with E-state index in [-0.39, 0.29) is 11.8 Å². The first-order chi connectivity index (χ1) is 14.6. The summed E-state index contributed by atoms with van der Waals surface area (Å²) in [6, 6.07) is 14.3. The van der Waals surface area contributed by atoms with Gasteiger partial charge in [-0.05, 0) is 42.7 Å². The van der Waals surface area contributed by atoms with Gasteiger partial charge in [-0.2, -0.15) is 0 Å². The molecule has 1 aromatic heterocycles. The monoisotopic (exact) mass is 441 g/mol. The number of rotatable bonds is 4. The number of aromatic nitrogens is 2. The fourth-order valence-electron chi connectivity index (χ4n) is 5.04. The molecule has 30 heavy (non-hydrogen) atoms. The highest BCUT2D eigenvalue weighted by molar-refractivity contribution is 6.42. The first-order valence-electron chi connectivity index (χ1n) is 10.8. The Morgan fingerprint density at radius 3 is 2.60 bits per heavy atom. The minimum Gasteiger partial charge on any atom is -0.339 e. The summed E-state index contributed by atoms with van der Waals surface area (Å²) in [5.41, 5.74) is 3.13. The molecular formula is C24H25Cl2N3O. The Hall–Kier alpha value is -2.04. The van der Waals surface area contributed by atoms with E-state index in [0.717, 1.165) is 41.8 Å². The van der Waals surface area contributed by atoms with Crippen LogP contribution in [0.25, 0.3) is 11.0 Å². The lowest BCUT2D eigenvalue weighted by Crippen LogP contribution is -2.37. The summed E-state index contributed by atoms with van der Waals surface area (Å²) >= 11 is 12.4. The molecule has 2 aliphatic rings. The van der Waals surface area contributed by atoms with Crippen LogP contribution in [0.15, 0.2) is 42.5 Å². The van der Waals surface area contributed by atoms with Crippen LogP contribution in [0.2, 0.25) is 10.0 Å². The van der Waals surface area contributed by atoms with Crippen LogP contribution in [-0.4, -0.2) is 32.9 Å². The van der Waals surface area contributed by atoms with E-state index in [4.69, 9.17) is 28.2 Å². The average molecular weight is 442 g/mol. The molecule has 1 saturated carbocycles. The Bertz CT molecular complexity index is 1090. The topological polar surface area (TPSA) is 38.1 Å². The molecular weight excluding hydrogens is 417 g/mol. The lowest BCUT2D eigenvalue weighted by atomic mass is 9.94. The molecule has 5 rings (SSSR count). The van der Waals surface area contributed by atoms with Crippen molar-refractivity contribution in [2.45, 2.75) is 57.0 Å². The van der Waals surface area contributed by atoms with Gasteiger partial charge in [-0.3, -0.25) is 4.79 Å². The van der Waals surface area contributed by atoms with Crippen LogP contribution in [0.3, 0.4) is 0 Å². The smallest absolute Gasteiger partial charge is 0.223 e. The van der Waals surface area contributed by atoms with E-state index in [0.29, 0.717) is 29.1 Å². The minimum absolute atomic E-state index is 0.120. The summed E-state index contributed by atoms with van der Waals surface area (Å²) in [6.07, 6.45) is 6.57. The zero-order chi connectivity index (χ0) is 20.7. The highest BCUT2D eigenvalue weighted by atomic mass is 35.5. The minimum atomic E-state index is 0.120. The molecule has 0 bridgehead atoms. The van der Waals surface area contributed by atoms with Crippen molar-refractivity contribution in [1.29, 1.82) is 0 Å². The Labute approximate surface area is 186 Å². The molecule has 1 saturated heterocycles. The van der Waals surface area contributed by atoms with Gasteiger partial charge in [-0.1, -0.05) is 60.7 Å². The Balaban J connectivity index is 1.49. The summed E-state index contributed by atoms with van der Waals surface area (Å²) < 4.78 is 2.25. The molecule has 2 heterocycles. The van der Waals surface area contributed by atoms with E-state index in [1.807, 2.05) is 36.4 Å². The van der Waals surface area contributed by atoms with Crippen molar-refractivity contribution in [3.8, 4) is 0 Å². The van der Waals surface area contributed by atoms with Gasteiger partial charge in [0.15, 0.2) is 0 Å². The normalized spacial score (nSPS) is 20.4. The predicted octanol–water partition coefficient (Wildman–Crippen LogP) is 6.04. The first kappa shape index (κ1) is 19.9. The van der Waals surface area contributed by atoms with Crippen molar-refractivity contribution < 1.29 is 4.79 Å². The fraction of sp³-hybridized carbons (Fsp3) is 0.417. The van der Waals surface area contributed by atoms with E-state index in [9.17, 15) is 4.79 Å². The maximum Gasteiger partial charge on any atom is 0.223 e. The van der Waals surface area contributed by atoms with Gasteiger partial charge >= 0.3 is 0 Å². The molecule has 0 N–H and O–H groups in total. The van der Waals surface area contributed by atoms with Crippen molar-refractivity contribution in [3.05, 3.63) is 63.9 Å². The van der Waals surface area contributed by atoms with Gasteiger partial charge in [-0.15, -0.1) is 0 Å². The average Bonchev–Trinajstić information content (AvgIpc) is 3.32. The molecule has 1 unspecified atom stereocenters. The molecule has 3 aromatic rings. The van der Waals surface area contributed by atoms with E-state index in [1.165, 1.54) is 19.3 Å². The van der Waals surface area contributed by atoms with Gasteiger partial charge in [0.05, 0.1) is 21.1 Å². The van der Waals surface area contributed by atoms with Gasteiger partial charge < -0.3 is 9.47 Å². The maximum absolute atomic E-state index is 12.9. The van der Waals surface area contributed by atoms with Crippen LogP contribution in [0.1, 0.15) is 55.8 Å². The van der Waals surface area contributed by atoms with Crippen LogP contribution in [0.4, 0.5) is 0 Å². The molecule has 1 atom stereocenters. The molecule has 6 heteroatoms. The van der Waals surface area contributed by atoms with Crippen molar-refractivity contribution in [1.82, 2.24) is 14.5 Å². The predicted molar refractivity (Wildman–Crippen MR) is 121 cm³/mol. The number of hydrogen-bond donors (Lipinski definition) is 0. The largest absolute Gasteiger partial charge is 0.339 e. The Morgan fingerprint density at radius 1 is 1.00 bits per heavy atom. The van der Waals surface area contributed by atoms with Crippen LogP contribution in [0, 0.1) is 0 Å². The number of carbonyl (C=O) groups excluding carboxylic acids is 1. The van der Waals surface area contributed by atoms with Gasteiger partial charge in [0.25, 0.3) is 0 Å². The van der Waals surface area contributed by atoms with Gasteiger partial charge in [-0.25, -0.2) is 4.98 Å². The lowest BCUT2D eigenvalue weighted by Gasteiger charge is -2.31. The van der Waals surface area contributed by atoms with Crippen molar-refractivity contribution in [3.63, 3.8) is 0 Å². The third kappa shape index (κ3) is 3.72. The third-order valence-electron chi connectivity index (χ3n) is 6.55. The molecule has 2 aromatic carbocycles. The SMILES string of the molecule is O=C1CC(c2nc3ccccc3n2Cc2ccc(Cl)c(Cl)c2)CN1C1CCCCC1. The fourth-order valence-corrected chi connectivity index (χ4v) is 5.36. The quantitative estimate of drug-likeness (QED) is 0.494. The van der Waals surface area contributed by atoms with Crippen molar-refractivity contribution >= 4 is 40.1 Å². The third-order valence-corrected chi connectivity index (χ3v) is 7.29. The summed E-state index contributed by atoms with van der Waals surface area (Å²) in [4.78, 5) is 20.0. The number of halogens is 2. The second-order valence-corrected chi connectivity index (χ2v) is 9.35. The van der Waals surface area contributed by atoms with Gasteiger partial charge in [0, 0.05) is 31.5 Å². The molecule has 2 fully saturated rings. The summed E-state index contributed by atoms with van der Waals surface area (Å²) in [5.74, 6) is 1.39. The number of likely N-dealkylation sites (tertiary alicyclic amines) is 1. The summed E-state index contributed by atoms with van der Waals surface area (Å²) in [5, 5.41) is 1.11. The molecule has 0 spiro atoms. The molecule has 0 radical (unpaired) electrons. The standard InChI is InChI=1S/C24H25Cl2N3O/c25-19-11-10-16(12-20(19)26)14-29-22-9-5-4-8-21(22)27-24(29)17-13-23(30)28(15-17)18-6-2-1-3-7-18/h4-5,8-12,17-18H,1-3,6-7,13-15H2. The van der Waals surface area contributed by atoms with Crippen LogP contribution >= 0.6 is 23.2 Å². The number of hydrogen-bond acceptors (Lipinski definition) is 2. The molecule has 1 aliphatic heterocycles. The first-order valence-corrected chi connectivity index (χ1v) is 11.5. The number of imidazole rings is 1. The Morgan fingerprint density at radius 2 is 1.80 bits per heavy atom. The molecule has 156 valence electrons. The summed E-state index contributed by atoms with van der Waals surface area (Å²) in [6.45, 7) is 1.43. The number of amides is 1. The molecule has 1 aliphatic carbocycles. The maximum atomic E-state index is 12.9. The number of nitrogens with zero attached hydrogens (tertiary/aromatic N) is 3. The second kappa shape index (κ2) is 8.24. The summed E-state index contributed by atoms with van der Waals surface area (Å²) in [7, 11) is 0. The lowest BCUT2D eigenvalue weighted by molar-refractivity contribution is -0.130. The van der Waals surface area contributed by atoms with Crippen molar-refractivity contribution in [2.24, 2.45) is 0 Å². The van der Waals surface area contributed by atoms with E-state index in [1.54, 1.807) is 0 Å². The highest BCUT2D eigenvalue weighted by Gasteiger charge is 2.37. The van der Waals surface area contributed by atoms with Crippen LogP contribution in [0.5, 0.6) is 0 Å². The van der Waals surface area contributed by atoms with E-state index >= 15 is 0 Å². The van der Waals surface area contributed by atoms with Gasteiger partial charge in [0.1, 0.15) is 5.82 Å². The molecule has 1 amide bonds. The van der Waals surface area contributed by atoms with Crippen LogP contribution in [-0.2, 0) is 11.3 Å². The second-order valence-electron chi connectivity index (χ2n) is 8.53. The number of carbonyl (C=O) groups is 1. The highest BCUT2D eigenvalue weighted by Crippen LogP contribution is 2.35. The number of para-hydroxylation sites is 2. The molecule has 4 nitrogen and oxygen atoms in total. The number of fused-ring (bicyclic) bond motifs is 1. The van der Waals surface area contributed by atoms with Gasteiger partial charge in [0.2, 0.25) is 5.91 Å². The zero-order valence-electron chi connectivity index (χ0n) is 16.9. The van der Waals surface area contributed by atoms with E-state index in [2.05, 4.69) is 15.5 Å². The number of benzene rings is 2. The van der Waals surface area contributed by atoms with Crippen molar-refractivity contribution in [2.75, 3.05) is 6.54 Å². The Kier molecular flexibility index (Phi) is 5.46.